The van der Waals surface area contributed by atoms with Gasteiger partial charge >= 0.3 is 6.09 Å². The van der Waals surface area contributed by atoms with Gasteiger partial charge in [-0.3, -0.25) is 9.48 Å². The lowest BCUT2D eigenvalue weighted by atomic mass is 10.1. The fourth-order valence-corrected chi connectivity index (χ4v) is 2.67. The van der Waals surface area contributed by atoms with E-state index in [4.69, 9.17) is 4.74 Å². The molecule has 1 fully saturated rings. The lowest BCUT2D eigenvalue weighted by molar-refractivity contribution is -0.122. The van der Waals surface area contributed by atoms with E-state index in [1.165, 1.54) is 0 Å². The van der Waals surface area contributed by atoms with E-state index in [2.05, 4.69) is 10.4 Å². The lowest BCUT2D eigenvalue weighted by Gasteiger charge is -2.31. The molecule has 1 aromatic rings. The monoisotopic (exact) mass is 308 g/mol. The molecule has 1 N–H and O–H groups in total. The minimum Gasteiger partial charge on any atom is -0.450 e. The number of nitrogens with one attached hydrogen (secondary N) is 1. The van der Waals surface area contributed by atoms with Crippen LogP contribution in [0.15, 0.2) is 6.07 Å². The largest absolute Gasteiger partial charge is 0.450 e. The van der Waals surface area contributed by atoms with Crippen molar-refractivity contribution in [3.63, 3.8) is 0 Å². The van der Waals surface area contributed by atoms with Gasteiger partial charge in [0.05, 0.1) is 12.3 Å². The van der Waals surface area contributed by atoms with Crippen molar-refractivity contribution in [1.29, 1.82) is 0 Å². The summed E-state index contributed by atoms with van der Waals surface area (Å²) in [5, 5.41) is 7.30. The first-order chi connectivity index (χ1) is 10.5. The van der Waals surface area contributed by atoms with Crippen molar-refractivity contribution < 1.29 is 14.3 Å². The van der Waals surface area contributed by atoms with Gasteiger partial charge in [-0.15, -0.1) is 0 Å². The number of aromatic nitrogens is 2. The summed E-state index contributed by atoms with van der Waals surface area (Å²) in [6, 6.07) is 2.06. The van der Waals surface area contributed by atoms with E-state index in [-0.39, 0.29) is 24.6 Å². The number of hydrogen-bond donors (Lipinski definition) is 1. The molecule has 1 saturated heterocycles. The van der Waals surface area contributed by atoms with Gasteiger partial charge in [-0.1, -0.05) is 0 Å². The maximum Gasteiger partial charge on any atom is 0.409 e. The Balaban J connectivity index is 1.77. The predicted octanol–water partition coefficient (Wildman–Crippen LogP) is 1.24. The Kier molecular flexibility index (Phi) is 5.41. The van der Waals surface area contributed by atoms with Crippen LogP contribution < -0.4 is 5.32 Å². The summed E-state index contributed by atoms with van der Waals surface area (Å²) >= 11 is 0. The SMILES string of the molecule is CCOC(=O)N1CCC(NC(=O)Cn2nc(C)cc2C)CC1. The smallest absolute Gasteiger partial charge is 0.409 e. The molecule has 7 nitrogen and oxygen atoms in total. The van der Waals surface area contributed by atoms with Crippen LogP contribution >= 0.6 is 0 Å². The highest BCUT2D eigenvalue weighted by Gasteiger charge is 2.24. The maximum absolute atomic E-state index is 12.1. The lowest BCUT2D eigenvalue weighted by Crippen LogP contribution is -2.47. The number of aryl methyl sites for hydroxylation is 2. The van der Waals surface area contributed by atoms with E-state index in [0.29, 0.717) is 19.7 Å². The average Bonchev–Trinajstić information content (AvgIpc) is 2.77. The van der Waals surface area contributed by atoms with Crippen molar-refractivity contribution >= 4 is 12.0 Å². The van der Waals surface area contributed by atoms with E-state index < -0.39 is 0 Å². The van der Waals surface area contributed by atoms with Gasteiger partial charge in [-0.25, -0.2) is 4.79 Å². The molecular formula is C15H24N4O3. The van der Waals surface area contributed by atoms with Crippen LogP contribution in [0.5, 0.6) is 0 Å². The number of amides is 2. The zero-order chi connectivity index (χ0) is 16.1. The number of rotatable bonds is 4. The van der Waals surface area contributed by atoms with E-state index in [1.54, 1.807) is 16.5 Å². The van der Waals surface area contributed by atoms with Crippen LogP contribution in [0.1, 0.15) is 31.2 Å². The number of carbonyl (C=O) groups excluding carboxylic acids is 2. The zero-order valence-corrected chi connectivity index (χ0v) is 13.5. The van der Waals surface area contributed by atoms with Gasteiger partial charge in [0.15, 0.2) is 0 Å². The Morgan fingerprint density at radius 2 is 2.05 bits per heavy atom. The van der Waals surface area contributed by atoms with Gasteiger partial charge in [0.25, 0.3) is 0 Å². The molecule has 0 aliphatic carbocycles. The molecule has 0 radical (unpaired) electrons. The molecule has 1 aliphatic rings. The van der Waals surface area contributed by atoms with Crippen molar-refractivity contribution in [3.8, 4) is 0 Å². The first kappa shape index (κ1) is 16.3. The van der Waals surface area contributed by atoms with E-state index >= 15 is 0 Å². The summed E-state index contributed by atoms with van der Waals surface area (Å²) in [7, 11) is 0. The Hall–Kier alpha value is -2.05. The van der Waals surface area contributed by atoms with Crippen molar-refractivity contribution in [2.24, 2.45) is 0 Å². The third-order valence-electron chi connectivity index (χ3n) is 3.78. The number of nitrogens with zero attached hydrogens (tertiary/aromatic N) is 3. The molecule has 0 bridgehead atoms. The summed E-state index contributed by atoms with van der Waals surface area (Å²) in [6.45, 7) is 7.49. The van der Waals surface area contributed by atoms with E-state index in [9.17, 15) is 9.59 Å². The van der Waals surface area contributed by atoms with Crippen molar-refractivity contribution in [2.75, 3.05) is 19.7 Å². The summed E-state index contributed by atoms with van der Waals surface area (Å²) in [4.78, 5) is 25.4. The Labute approximate surface area is 130 Å². The van der Waals surface area contributed by atoms with Crippen molar-refractivity contribution in [3.05, 3.63) is 17.5 Å². The molecule has 0 aromatic carbocycles. The summed E-state index contributed by atoms with van der Waals surface area (Å²) in [5.41, 5.74) is 1.89. The second-order valence-electron chi connectivity index (χ2n) is 5.61. The van der Waals surface area contributed by atoms with Crippen LogP contribution in [0.4, 0.5) is 4.79 Å². The Morgan fingerprint density at radius 1 is 1.36 bits per heavy atom. The minimum atomic E-state index is -0.269. The van der Waals surface area contributed by atoms with Gasteiger partial charge in [0.2, 0.25) is 5.91 Å². The van der Waals surface area contributed by atoms with Crippen molar-refractivity contribution in [2.45, 2.75) is 46.2 Å². The summed E-state index contributed by atoms with van der Waals surface area (Å²) < 4.78 is 6.69. The van der Waals surface area contributed by atoms with Gasteiger partial charge in [0, 0.05) is 24.8 Å². The normalized spacial score (nSPS) is 15.7. The molecule has 2 heterocycles. The molecule has 1 aromatic heterocycles. The zero-order valence-electron chi connectivity index (χ0n) is 13.5. The highest BCUT2D eigenvalue weighted by atomic mass is 16.6. The summed E-state index contributed by atoms with van der Waals surface area (Å²) in [6.07, 6.45) is 1.23. The number of piperidine rings is 1. The van der Waals surface area contributed by atoms with Crippen LogP contribution in [0.3, 0.4) is 0 Å². The van der Waals surface area contributed by atoms with Gasteiger partial charge in [-0.05, 0) is 39.7 Å². The molecule has 22 heavy (non-hydrogen) atoms. The van der Waals surface area contributed by atoms with Gasteiger partial charge in [-0.2, -0.15) is 5.10 Å². The first-order valence-corrected chi connectivity index (χ1v) is 7.71. The second-order valence-corrected chi connectivity index (χ2v) is 5.61. The molecular weight excluding hydrogens is 284 g/mol. The molecule has 0 unspecified atom stereocenters. The van der Waals surface area contributed by atoms with Gasteiger partial charge < -0.3 is 15.0 Å². The molecule has 2 rings (SSSR count). The van der Waals surface area contributed by atoms with E-state index in [1.807, 2.05) is 19.9 Å². The minimum absolute atomic E-state index is 0.0409. The highest BCUT2D eigenvalue weighted by molar-refractivity contribution is 5.76. The fourth-order valence-electron chi connectivity index (χ4n) is 2.67. The number of ether oxygens (including phenoxy) is 1. The third-order valence-corrected chi connectivity index (χ3v) is 3.78. The average molecular weight is 308 g/mol. The molecule has 1 aliphatic heterocycles. The maximum atomic E-state index is 12.1. The third kappa shape index (κ3) is 4.22. The first-order valence-electron chi connectivity index (χ1n) is 7.71. The van der Waals surface area contributed by atoms with Crippen molar-refractivity contribution in [1.82, 2.24) is 20.0 Å². The Bertz CT molecular complexity index is 533. The van der Waals surface area contributed by atoms with E-state index in [0.717, 1.165) is 24.2 Å². The topological polar surface area (TPSA) is 76.5 Å². The Morgan fingerprint density at radius 3 is 2.59 bits per heavy atom. The standard InChI is InChI=1S/C15H24N4O3/c1-4-22-15(21)18-7-5-13(6-8-18)16-14(20)10-19-12(3)9-11(2)17-19/h9,13H,4-8,10H2,1-3H3,(H,16,20). The predicted molar refractivity (Wildman–Crippen MR) is 81.5 cm³/mol. The molecule has 0 atom stereocenters. The summed E-state index contributed by atoms with van der Waals surface area (Å²) in [5.74, 6) is -0.0409. The number of likely N-dealkylation sites (tertiary alicyclic amines) is 1. The van der Waals surface area contributed by atoms with Crippen LogP contribution in [-0.2, 0) is 16.1 Å². The second kappa shape index (κ2) is 7.29. The van der Waals surface area contributed by atoms with Crippen LogP contribution in [0, 0.1) is 13.8 Å². The molecule has 0 saturated carbocycles. The van der Waals surface area contributed by atoms with Crippen LogP contribution in [0.25, 0.3) is 0 Å². The van der Waals surface area contributed by atoms with Gasteiger partial charge in [0.1, 0.15) is 6.54 Å². The number of carbonyl (C=O) groups is 2. The molecule has 7 heteroatoms. The molecule has 122 valence electrons. The molecule has 0 spiro atoms. The fraction of sp³-hybridized carbons (Fsp3) is 0.667. The van der Waals surface area contributed by atoms with Crippen LogP contribution in [0.2, 0.25) is 0 Å². The number of hydrogen-bond acceptors (Lipinski definition) is 4. The van der Waals surface area contributed by atoms with Crippen LogP contribution in [-0.4, -0.2) is 52.4 Å². The highest BCUT2D eigenvalue weighted by Crippen LogP contribution is 2.11. The quantitative estimate of drug-likeness (QED) is 0.908. The molecule has 2 amide bonds.